The van der Waals surface area contributed by atoms with Gasteiger partial charge in [-0.2, -0.15) is 9.97 Å². The van der Waals surface area contributed by atoms with Crippen LogP contribution in [0.25, 0.3) is 11.2 Å². The summed E-state index contributed by atoms with van der Waals surface area (Å²) in [5.41, 5.74) is 7.45. The molecule has 10 nitrogen and oxygen atoms in total. The molecule has 0 bridgehead atoms. The molecule has 4 heterocycles. The number of rotatable bonds is 4. The zero-order valence-corrected chi connectivity index (χ0v) is 17.7. The van der Waals surface area contributed by atoms with Gasteiger partial charge in [-0.25, -0.2) is 4.98 Å². The second-order valence-corrected chi connectivity index (χ2v) is 8.04. The van der Waals surface area contributed by atoms with Gasteiger partial charge in [0, 0.05) is 18.0 Å². The zero-order chi connectivity index (χ0) is 21.7. The molecular formula is C20H20ClN7O3. The number of anilines is 1. The Morgan fingerprint density at radius 2 is 2.00 bits per heavy atom. The van der Waals surface area contributed by atoms with Crippen LogP contribution in [0.2, 0.25) is 5.02 Å². The molecule has 2 atom stereocenters. The minimum atomic E-state index is -0.308. The first-order chi connectivity index (χ1) is 14.9. The van der Waals surface area contributed by atoms with E-state index in [1.165, 1.54) is 4.57 Å². The van der Waals surface area contributed by atoms with Gasteiger partial charge in [0.2, 0.25) is 11.8 Å². The Bertz CT molecular complexity index is 1330. The second-order valence-electron chi connectivity index (χ2n) is 7.60. The normalized spacial score (nSPS) is 18.8. The van der Waals surface area contributed by atoms with Crippen LogP contribution in [0.3, 0.4) is 0 Å². The number of hydrogen-bond acceptors (Lipinski definition) is 8. The number of halogens is 1. The van der Waals surface area contributed by atoms with Crippen molar-refractivity contribution < 1.29 is 9.26 Å². The summed E-state index contributed by atoms with van der Waals surface area (Å²) >= 11 is 5.96. The molecule has 2 unspecified atom stereocenters. The minimum Gasteiger partial charge on any atom is -0.373 e. The Kier molecular flexibility index (Phi) is 4.75. The maximum Gasteiger partial charge on any atom is 0.281 e. The second kappa shape index (κ2) is 7.47. The average molecular weight is 442 g/mol. The van der Waals surface area contributed by atoms with Gasteiger partial charge in [0.25, 0.3) is 5.56 Å². The number of aryl methyl sites for hydroxylation is 2. The molecule has 3 aromatic heterocycles. The Balaban J connectivity index is 1.37. The van der Waals surface area contributed by atoms with Crippen LogP contribution in [-0.2, 0) is 18.3 Å². The molecule has 4 aromatic rings. The van der Waals surface area contributed by atoms with E-state index in [0.29, 0.717) is 34.4 Å². The first-order valence-corrected chi connectivity index (χ1v) is 10.2. The molecule has 1 aromatic carbocycles. The molecule has 11 heteroatoms. The summed E-state index contributed by atoms with van der Waals surface area (Å²) in [5.74, 6) is 1.53. The number of nitrogen functional groups attached to an aromatic ring is 1. The lowest BCUT2D eigenvalue weighted by Gasteiger charge is -2.09. The van der Waals surface area contributed by atoms with Crippen LogP contribution in [-0.4, -0.2) is 35.8 Å². The molecule has 2 N–H and O–H groups in total. The first-order valence-electron chi connectivity index (χ1n) is 9.79. The summed E-state index contributed by atoms with van der Waals surface area (Å²) in [6, 6.07) is 7.60. The van der Waals surface area contributed by atoms with Crippen LogP contribution in [0.5, 0.6) is 0 Å². The molecule has 160 valence electrons. The number of imidazole rings is 1. The van der Waals surface area contributed by atoms with Crippen molar-refractivity contribution >= 4 is 28.7 Å². The molecule has 0 saturated carbocycles. The van der Waals surface area contributed by atoms with E-state index in [0.717, 1.165) is 12.0 Å². The molecular weight excluding hydrogens is 422 g/mol. The molecule has 31 heavy (non-hydrogen) atoms. The summed E-state index contributed by atoms with van der Waals surface area (Å²) in [6.45, 7) is 2.31. The molecule has 0 radical (unpaired) electrons. The largest absolute Gasteiger partial charge is 0.373 e. The average Bonchev–Trinajstić information content (AvgIpc) is 3.46. The van der Waals surface area contributed by atoms with E-state index in [9.17, 15) is 4.79 Å². The van der Waals surface area contributed by atoms with Crippen molar-refractivity contribution in [2.75, 3.05) is 12.3 Å². The third-order valence-electron chi connectivity index (χ3n) is 5.63. The van der Waals surface area contributed by atoms with Crippen LogP contribution in [0, 0.1) is 6.92 Å². The van der Waals surface area contributed by atoms with E-state index in [4.69, 9.17) is 26.6 Å². The van der Waals surface area contributed by atoms with Gasteiger partial charge < -0.3 is 19.6 Å². The summed E-state index contributed by atoms with van der Waals surface area (Å²) in [5, 5.41) is 4.78. The number of nitrogens with zero attached hydrogens (tertiary/aromatic N) is 6. The highest BCUT2D eigenvalue weighted by molar-refractivity contribution is 6.30. The van der Waals surface area contributed by atoms with E-state index < -0.39 is 0 Å². The summed E-state index contributed by atoms with van der Waals surface area (Å²) in [7, 11) is 1.76. The molecule has 5 rings (SSSR count). The maximum absolute atomic E-state index is 12.9. The highest BCUT2D eigenvalue weighted by Crippen LogP contribution is 2.37. The number of benzene rings is 1. The quantitative estimate of drug-likeness (QED) is 0.511. The van der Waals surface area contributed by atoms with Crippen molar-refractivity contribution in [1.29, 1.82) is 0 Å². The van der Waals surface area contributed by atoms with Gasteiger partial charge in [-0.05, 0) is 31.0 Å². The van der Waals surface area contributed by atoms with Crippen molar-refractivity contribution in [2.45, 2.75) is 31.9 Å². The van der Waals surface area contributed by atoms with Crippen molar-refractivity contribution in [3.8, 4) is 0 Å². The van der Waals surface area contributed by atoms with Crippen molar-refractivity contribution in [3.63, 3.8) is 0 Å². The number of ether oxygens (including phenoxy) is 1. The van der Waals surface area contributed by atoms with E-state index >= 15 is 0 Å². The summed E-state index contributed by atoms with van der Waals surface area (Å²) in [4.78, 5) is 25.9. The van der Waals surface area contributed by atoms with Gasteiger partial charge in [0.15, 0.2) is 17.0 Å². The van der Waals surface area contributed by atoms with E-state index in [2.05, 4.69) is 20.1 Å². The number of nitrogens with two attached hydrogens (primary N) is 1. The van der Waals surface area contributed by atoms with Crippen LogP contribution in [0.1, 0.15) is 41.5 Å². The Morgan fingerprint density at radius 3 is 2.77 bits per heavy atom. The Morgan fingerprint density at radius 1 is 1.23 bits per heavy atom. The fourth-order valence-corrected chi connectivity index (χ4v) is 3.94. The van der Waals surface area contributed by atoms with Gasteiger partial charge in [-0.15, -0.1) is 0 Å². The Hall–Kier alpha value is -3.24. The predicted octanol–water partition coefficient (Wildman–Crippen LogP) is 2.35. The topological polar surface area (TPSA) is 127 Å². The fourth-order valence-electron chi connectivity index (χ4n) is 3.81. The molecule has 1 aliphatic rings. The minimum absolute atomic E-state index is 0.00687. The van der Waals surface area contributed by atoms with E-state index in [-0.39, 0.29) is 36.0 Å². The van der Waals surface area contributed by atoms with Crippen LogP contribution < -0.4 is 11.3 Å². The SMILES string of the molecule is Cc1nc2nc(N)n(Cc3nc(C4COC(c5ccc(Cl)cc5)C4)no3)c(=O)c2n1C. The molecule has 0 amide bonds. The molecule has 0 spiro atoms. The lowest BCUT2D eigenvalue weighted by molar-refractivity contribution is 0.110. The molecule has 1 aliphatic heterocycles. The van der Waals surface area contributed by atoms with Gasteiger partial charge in [-0.1, -0.05) is 28.9 Å². The van der Waals surface area contributed by atoms with Gasteiger partial charge in [0.1, 0.15) is 12.4 Å². The number of fused-ring (bicyclic) bond motifs is 1. The fraction of sp³-hybridized carbons (Fsp3) is 0.350. The van der Waals surface area contributed by atoms with Crippen molar-refractivity contribution in [2.24, 2.45) is 7.05 Å². The standard InChI is InChI=1S/C20H20ClN7O3/c1-10-23-18-16(27(10)2)19(29)28(20(22)25-18)8-15-24-17(26-31-15)12-7-14(30-9-12)11-3-5-13(21)6-4-11/h3-6,12,14H,7-9H2,1-2H3,(H2,22,25). The highest BCUT2D eigenvalue weighted by atomic mass is 35.5. The predicted molar refractivity (Wildman–Crippen MR) is 113 cm³/mol. The zero-order valence-electron chi connectivity index (χ0n) is 16.9. The van der Waals surface area contributed by atoms with E-state index in [1.807, 2.05) is 24.3 Å². The van der Waals surface area contributed by atoms with Crippen LogP contribution >= 0.6 is 11.6 Å². The molecule has 1 saturated heterocycles. The van der Waals surface area contributed by atoms with E-state index in [1.54, 1.807) is 18.5 Å². The van der Waals surface area contributed by atoms with Gasteiger partial charge >= 0.3 is 0 Å². The smallest absolute Gasteiger partial charge is 0.281 e. The highest BCUT2D eigenvalue weighted by Gasteiger charge is 2.31. The lowest BCUT2D eigenvalue weighted by atomic mass is 10.0. The van der Waals surface area contributed by atoms with Crippen LogP contribution in [0.15, 0.2) is 33.6 Å². The van der Waals surface area contributed by atoms with Crippen LogP contribution in [0.4, 0.5) is 5.95 Å². The third-order valence-corrected chi connectivity index (χ3v) is 5.88. The molecule has 0 aliphatic carbocycles. The number of hydrogen-bond donors (Lipinski definition) is 1. The van der Waals surface area contributed by atoms with Gasteiger partial charge in [-0.3, -0.25) is 9.36 Å². The van der Waals surface area contributed by atoms with Crippen molar-refractivity contribution in [3.05, 3.63) is 62.7 Å². The lowest BCUT2D eigenvalue weighted by Crippen LogP contribution is -2.26. The Labute approximate surface area is 181 Å². The summed E-state index contributed by atoms with van der Waals surface area (Å²) in [6.07, 6.45) is 0.673. The first kappa shape index (κ1) is 19.7. The third kappa shape index (κ3) is 3.47. The maximum atomic E-state index is 12.9. The van der Waals surface area contributed by atoms with Gasteiger partial charge in [0.05, 0.1) is 12.7 Å². The monoisotopic (exact) mass is 441 g/mol. The number of aromatic nitrogens is 6. The summed E-state index contributed by atoms with van der Waals surface area (Å²) < 4.78 is 14.3. The molecule has 1 fully saturated rings. The van der Waals surface area contributed by atoms with Crippen molar-refractivity contribution in [1.82, 2.24) is 29.2 Å².